The number of carbonyl (C=O) groups excluding carboxylic acids is 1. The van der Waals surface area contributed by atoms with Gasteiger partial charge in [0, 0.05) is 23.8 Å². The quantitative estimate of drug-likeness (QED) is 0.813. The monoisotopic (exact) mass is 400 g/mol. The van der Waals surface area contributed by atoms with Gasteiger partial charge >= 0.3 is 12.1 Å². The Balaban J connectivity index is 0.00000312. The first-order valence-corrected chi connectivity index (χ1v) is 7.53. The molecule has 0 aromatic heterocycles. The second-order valence-electron chi connectivity index (χ2n) is 5.79. The van der Waals surface area contributed by atoms with E-state index in [2.05, 4.69) is 5.32 Å². The molecule has 1 aromatic rings. The molecule has 0 spiro atoms. The average molecular weight is 401 g/mol. The first-order chi connectivity index (χ1) is 11.1. The van der Waals surface area contributed by atoms with E-state index in [0.29, 0.717) is 16.3 Å². The molecule has 5 nitrogen and oxygen atoms in total. The van der Waals surface area contributed by atoms with Crippen LogP contribution in [0.1, 0.15) is 5.56 Å². The van der Waals surface area contributed by atoms with Crippen LogP contribution in [0.3, 0.4) is 0 Å². The van der Waals surface area contributed by atoms with Gasteiger partial charge in [-0.3, -0.25) is 14.5 Å². The third kappa shape index (κ3) is 5.49. The second-order valence-corrected chi connectivity index (χ2v) is 6.23. The van der Waals surface area contributed by atoms with Crippen molar-refractivity contribution >= 4 is 41.6 Å². The number of alkyl halides is 3. The molecule has 2 atom stereocenters. The van der Waals surface area contributed by atoms with E-state index >= 15 is 0 Å². The summed E-state index contributed by atoms with van der Waals surface area (Å²) in [5.41, 5.74) is 1.22. The van der Waals surface area contributed by atoms with E-state index in [4.69, 9.17) is 16.7 Å². The number of carbonyl (C=O) groups is 2. The molecule has 1 amide bonds. The van der Waals surface area contributed by atoms with E-state index in [0.717, 1.165) is 0 Å². The fourth-order valence-electron chi connectivity index (χ4n) is 2.76. The van der Waals surface area contributed by atoms with Crippen molar-refractivity contribution in [1.29, 1.82) is 0 Å². The Bertz CT molecular complexity index is 655. The zero-order chi connectivity index (χ0) is 18.1. The number of rotatable bonds is 4. The number of carboxylic acid groups (broad SMARTS) is 1. The summed E-state index contributed by atoms with van der Waals surface area (Å²) < 4.78 is 38.7. The van der Waals surface area contributed by atoms with Gasteiger partial charge in [-0.25, -0.2) is 0 Å². The van der Waals surface area contributed by atoms with E-state index < -0.39 is 36.4 Å². The third-order valence-corrected chi connectivity index (χ3v) is 4.20. The molecule has 0 unspecified atom stereocenters. The molecule has 1 fully saturated rings. The zero-order valence-electron chi connectivity index (χ0n) is 13.1. The maximum absolute atomic E-state index is 12.9. The summed E-state index contributed by atoms with van der Waals surface area (Å²) in [6.07, 6.45) is -4.61. The Hall–Kier alpha value is -1.51. The van der Waals surface area contributed by atoms with Crippen LogP contribution in [0.5, 0.6) is 0 Å². The molecule has 0 saturated carbocycles. The SMILES string of the molecule is Cc1cc(Cl)ccc1NC(=O)CN1C[C@@H](C(F)(F)F)[C@H](C(=O)O)C1.Cl. The largest absolute Gasteiger partial charge is 0.481 e. The van der Waals surface area contributed by atoms with Crippen LogP contribution < -0.4 is 5.32 Å². The molecule has 2 rings (SSSR count). The van der Waals surface area contributed by atoms with Crippen LogP contribution in [0.4, 0.5) is 18.9 Å². The summed E-state index contributed by atoms with van der Waals surface area (Å²) in [7, 11) is 0. The maximum atomic E-state index is 12.9. The van der Waals surface area contributed by atoms with Crippen molar-refractivity contribution in [2.45, 2.75) is 13.1 Å². The Labute approximate surface area is 153 Å². The van der Waals surface area contributed by atoms with Gasteiger partial charge in [0.25, 0.3) is 0 Å². The Kier molecular flexibility index (Phi) is 7.10. The molecular formula is C15H17Cl2F3N2O3. The highest BCUT2D eigenvalue weighted by atomic mass is 35.5. The van der Waals surface area contributed by atoms with Gasteiger partial charge in [-0.2, -0.15) is 13.2 Å². The topological polar surface area (TPSA) is 69.6 Å². The number of hydrogen-bond donors (Lipinski definition) is 2. The summed E-state index contributed by atoms with van der Waals surface area (Å²) in [5.74, 6) is -5.55. The normalized spacial score (nSPS) is 20.8. The number of carboxylic acids is 1. The predicted molar refractivity (Wildman–Crippen MR) is 89.2 cm³/mol. The highest BCUT2D eigenvalue weighted by Crippen LogP contribution is 2.37. The highest BCUT2D eigenvalue weighted by molar-refractivity contribution is 6.30. The van der Waals surface area contributed by atoms with Crippen molar-refractivity contribution in [3.63, 3.8) is 0 Å². The molecule has 0 bridgehead atoms. The third-order valence-electron chi connectivity index (χ3n) is 3.96. The Morgan fingerprint density at radius 3 is 2.48 bits per heavy atom. The van der Waals surface area contributed by atoms with Crippen LogP contribution in [0.2, 0.25) is 5.02 Å². The minimum atomic E-state index is -4.61. The van der Waals surface area contributed by atoms with E-state index in [-0.39, 0.29) is 25.5 Å². The molecule has 25 heavy (non-hydrogen) atoms. The van der Waals surface area contributed by atoms with E-state index in [9.17, 15) is 22.8 Å². The first kappa shape index (κ1) is 21.5. The molecule has 1 aromatic carbocycles. The minimum Gasteiger partial charge on any atom is -0.481 e. The molecule has 1 aliphatic rings. The molecule has 0 radical (unpaired) electrons. The van der Waals surface area contributed by atoms with E-state index in [1.54, 1.807) is 25.1 Å². The highest BCUT2D eigenvalue weighted by Gasteiger charge is 2.52. The van der Waals surface area contributed by atoms with Crippen LogP contribution in [0.25, 0.3) is 0 Å². The lowest BCUT2D eigenvalue weighted by Crippen LogP contribution is -2.34. The number of nitrogens with zero attached hydrogens (tertiary/aromatic N) is 1. The number of aryl methyl sites for hydroxylation is 1. The Morgan fingerprint density at radius 2 is 2.00 bits per heavy atom. The molecule has 1 heterocycles. The van der Waals surface area contributed by atoms with Crippen molar-refractivity contribution in [1.82, 2.24) is 4.90 Å². The molecule has 0 aliphatic carbocycles. The molecule has 10 heteroatoms. The number of benzene rings is 1. The number of hydrogen-bond acceptors (Lipinski definition) is 3. The number of halogens is 5. The van der Waals surface area contributed by atoms with Gasteiger partial charge in [-0.1, -0.05) is 11.6 Å². The van der Waals surface area contributed by atoms with Gasteiger partial charge in [-0.05, 0) is 30.7 Å². The number of amides is 1. The fraction of sp³-hybridized carbons (Fsp3) is 0.467. The van der Waals surface area contributed by atoms with Gasteiger partial charge in [-0.15, -0.1) is 12.4 Å². The zero-order valence-corrected chi connectivity index (χ0v) is 14.7. The summed E-state index contributed by atoms with van der Waals surface area (Å²) in [5, 5.41) is 12.1. The lowest BCUT2D eigenvalue weighted by Gasteiger charge is -2.18. The minimum absolute atomic E-state index is 0. The number of aliphatic carboxylic acids is 1. The lowest BCUT2D eigenvalue weighted by molar-refractivity contribution is -0.188. The van der Waals surface area contributed by atoms with Gasteiger partial charge in [0.05, 0.1) is 18.4 Å². The van der Waals surface area contributed by atoms with Crippen molar-refractivity contribution in [2.75, 3.05) is 25.0 Å². The second kappa shape index (κ2) is 8.25. The standard InChI is InChI=1S/C15H16ClF3N2O3.ClH/c1-8-4-9(16)2-3-12(8)20-13(22)7-21-5-10(14(23)24)11(6-21)15(17,18)19;/h2-4,10-11H,5-7H2,1H3,(H,20,22)(H,23,24);1H/t10-,11-;/m1./s1. The van der Waals surface area contributed by atoms with Crippen LogP contribution in [-0.4, -0.2) is 47.7 Å². The number of nitrogens with one attached hydrogen (secondary N) is 1. The van der Waals surface area contributed by atoms with Crippen LogP contribution in [-0.2, 0) is 9.59 Å². The maximum Gasteiger partial charge on any atom is 0.393 e. The van der Waals surface area contributed by atoms with Crippen LogP contribution in [0, 0.1) is 18.8 Å². The molecule has 1 saturated heterocycles. The van der Waals surface area contributed by atoms with E-state index in [1.807, 2.05) is 0 Å². The molecular weight excluding hydrogens is 384 g/mol. The predicted octanol–water partition coefficient (Wildman–Crippen LogP) is 3.20. The van der Waals surface area contributed by atoms with E-state index in [1.165, 1.54) is 4.90 Å². The van der Waals surface area contributed by atoms with Gasteiger partial charge in [0.1, 0.15) is 0 Å². The fourth-order valence-corrected chi connectivity index (χ4v) is 2.98. The van der Waals surface area contributed by atoms with Gasteiger partial charge in [0.15, 0.2) is 0 Å². The molecule has 1 aliphatic heterocycles. The van der Waals surface area contributed by atoms with Crippen molar-refractivity contribution < 1.29 is 27.9 Å². The van der Waals surface area contributed by atoms with Crippen LogP contribution >= 0.6 is 24.0 Å². The van der Waals surface area contributed by atoms with Crippen molar-refractivity contribution in [2.24, 2.45) is 11.8 Å². The first-order valence-electron chi connectivity index (χ1n) is 7.16. The summed E-state index contributed by atoms with van der Waals surface area (Å²) in [6.45, 7) is 0.607. The summed E-state index contributed by atoms with van der Waals surface area (Å²) in [6, 6.07) is 4.82. The number of likely N-dealkylation sites (tertiary alicyclic amines) is 1. The molecule has 140 valence electrons. The lowest BCUT2D eigenvalue weighted by atomic mass is 9.96. The van der Waals surface area contributed by atoms with Crippen molar-refractivity contribution in [3.8, 4) is 0 Å². The van der Waals surface area contributed by atoms with Gasteiger partial charge < -0.3 is 10.4 Å². The number of anilines is 1. The smallest absolute Gasteiger partial charge is 0.393 e. The van der Waals surface area contributed by atoms with Crippen molar-refractivity contribution in [3.05, 3.63) is 28.8 Å². The van der Waals surface area contributed by atoms with Gasteiger partial charge in [0.2, 0.25) is 5.91 Å². The summed E-state index contributed by atoms with van der Waals surface area (Å²) >= 11 is 5.81. The average Bonchev–Trinajstić information content (AvgIpc) is 2.86. The summed E-state index contributed by atoms with van der Waals surface area (Å²) in [4.78, 5) is 24.2. The van der Waals surface area contributed by atoms with Crippen LogP contribution in [0.15, 0.2) is 18.2 Å². The molecule has 2 N–H and O–H groups in total. The Morgan fingerprint density at radius 1 is 1.36 bits per heavy atom.